The summed E-state index contributed by atoms with van der Waals surface area (Å²) >= 11 is 1.83. The highest BCUT2D eigenvalue weighted by atomic mass is 32.1. The molecule has 0 spiro atoms. The van der Waals surface area contributed by atoms with E-state index < -0.39 is 0 Å². The van der Waals surface area contributed by atoms with Crippen LogP contribution in [-0.4, -0.2) is 9.13 Å². The van der Waals surface area contributed by atoms with Crippen LogP contribution in [-0.2, 0) is 0 Å². The molecule has 8 aromatic carbocycles. The fourth-order valence-corrected chi connectivity index (χ4v) is 9.39. The molecule has 0 aliphatic carbocycles. The number of benzene rings is 8. The van der Waals surface area contributed by atoms with Gasteiger partial charge in [0.25, 0.3) is 0 Å². The molecule has 0 amide bonds. The molecule has 3 nitrogen and oxygen atoms in total. The van der Waals surface area contributed by atoms with Gasteiger partial charge in [-0.15, -0.1) is 11.3 Å². The lowest BCUT2D eigenvalue weighted by atomic mass is 10.1. The van der Waals surface area contributed by atoms with Gasteiger partial charge < -0.3 is 14.0 Å². The van der Waals surface area contributed by atoms with Crippen molar-refractivity contribution in [2.75, 3.05) is 4.90 Å². The van der Waals surface area contributed by atoms with Gasteiger partial charge in [0, 0.05) is 59.7 Å². The van der Waals surface area contributed by atoms with E-state index in [4.69, 9.17) is 0 Å². The van der Waals surface area contributed by atoms with E-state index in [0.29, 0.717) is 0 Å². The molecule has 0 aliphatic rings. The Labute approximate surface area is 329 Å². The van der Waals surface area contributed by atoms with Gasteiger partial charge in [-0.1, -0.05) is 115 Å². The Hall–Kier alpha value is -7.14. The minimum absolute atomic E-state index is 1.09. The highest BCUT2D eigenvalue weighted by Crippen LogP contribution is 2.40. The molecule has 0 fully saturated rings. The zero-order valence-corrected chi connectivity index (χ0v) is 31.3. The van der Waals surface area contributed by atoms with Crippen LogP contribution in [0.25, 0.3) is 75.9 Å². The second kappa shape index (κ2) is 13.3. The van der Waals surface area contributed by atoms with Crippen LogP contribution >= 0.6 is 11.3 Å². The maximum atomic E-state index is 2.37. The molecule has 3 heterocycles. The van der Waals surface area contributed by atoms with Gasteiger partial charge in [0.05, 0.1) is 22.1 Å². The van der Waals surface area contributed by atoms with Crippen LogP contribution in [0.5, 0.6) is 0 Å². The van der Waals surface area contributed by atoms with Gasteiger partial charge in [0.1, 0.15) is 0 Å². The molecule has 4 heteroatoms. The zero-order valence-electron chi connectivity index (χ0n) is 30.5. The van der Waals surface area contributed by atoms with Crippen molar-refractivity contribution in [3.63, 3.8) is 0 Å². The number of fused-ring (bicyclic) bond motifs is 6. The van der Waals surface area contributed by atoms with Crippen LogP contribution < -0.4 is 4.90 Å². The van der Waals surface area contributed by atoms with E-state index in [1.165, 1.54) is 64.5 Å². The van der Waals surface area contributed by atoms with Gasteiger partial charge in [0.2, 0.25) is 0 Å². The Balaban J connectivity index is 1.01. The van der Waals surface area contributed by atoms with Crippen molar-refractivity contribution in [3.05, 3.63) is 212 Å². The monoisotopic (exact) mass is 733 g/mol. The first-order valence-electron chi connectivity index (χ1n) is 19.0. The van der Waals surface area contributed by atoms with Gasteiger partial charge in [-0.25, -0.2) is 0 Å². The molecule has 56 heavy (non-hydrogen) atoms. The molecule has 0 N–H and O–H groups in total. The smallest absolute Gasteiger partial charge is 0.0541 e. The first-order chi connectivity index (χ1) is 27.8. The molecule has 0 unspecified atom stereocenters. The van der Waals surface area contributed by atoms with Crippen molar-refractivity contribution in [1.29, 1.82) is 0 Å². The Bertz CT molecular complexity index is 2900. The molecule has 0 bridgehead atoms. The third-order valence-corrected chi connectivity index (χ3v) is 12.2. The number of para-hydroxylation sites is 4. The third kappa shape index (κ3) is 5.34. The summed E-state index contributed by atoms with van der Waals surface area (Å²) in [4.78, 5) is 4.89. The lowest BCUT2D eigenvalue weighted by Crippen LogP contribution is -2.10. The lowest BCUT2D eigenvalue weighted by molar-refractivity contribution is 1.17. The number of nitrogens with zero attached hydrogens (tertiary/aromatic N) is 3. The SMILES string of the molecule is c1ccc(-c2ccc(-c3ccc(N(c4ccc(-n5c6ccccc6c6ccccc65)cc4)c4ccc(-n5c6ccccc6c6ccccc65)cc4)cc3)s2)cc1. The second-order valence-corrected chi connectivity index (χ2v) is 15.3. The van der Waals surface area contributed by atoms with Crippen molar-refractivity contribution >= 4 is 72.0 Å². The van der Waals surface area contributed by atoms with E-state index in [9.17, 15) is 0 Å². The summed E-state index contributed by atoms with van der Waals surface area (Å²) in [5.74, 6) is 0. The molecule has 0 atom stereocenters. The van der Waals surface area contributed by atoms with E-state index in [1.807, 2.05) is 11.3 Å². The van der Waals surface area contributed by atoms with Crippen molar-refractivity contribution in [2.45, 2.75) is 0 Å². The lowest BCUT2D eigenvalue weighted by Gasteiger charge is -2.26. The summed E-state index contributed by atoms with van der Waals surface area (Å²) < 4.78 is 4.75. The summed E-state index contributed by atoms with van der Waals surface area (Å²) in [5, 5.41) is 5.05. The van der Waals surface area contributed by atoms with Crippen LogP contribution in [0, 0.1) is 0 Å². The zero-order chi connectivity index (χ0) is 37.0. The Morgan fingerprint density at radius 1 is 0.286 bits per heavy atom. The van der Waals surface area contributed by atoms with Crippen molar-refractivity contribution in [3.8, 4) is 32.3 Å². The number of rotatable bonds is 7. The van der Waals surface area contributed by atoms with E-state index in [2.05, 4.69) is 226 Å². The van der Waals surface area contributed by atoms with Gasteiger partial charge in [-0.2, -0.15) is 0 Å². The average molecular weight is 734 g/mol. The minimum atomic E-state index is 1.09. The first kappa shape index (κ1) is 32.3. The Morgan fingerprint density at radius 3 is 1.00 bits per heavy atom. The van der Waals surface area contributed by atoms with Crippen LogP contribution in [0.1, 0.15) is 0 Å². The van der Waals surface area contributed by atoms with Gasteiger partial charge >= 0.3 is 0 Å². The van der Waals surface area contributed by atoms with Crippen molar-refractivity contribution < 1.29 is 0 Å². The molecule has 0 saturated carbocycles. The molecule has 11 rings (SSSR count). The van der Waals surface area contributed by atoms with Crippen LogP contribution in [0.2, 0.25) is 0 Å². The summed E-state index contributed by atoms with van der Waals surface area (Å²) in [5.41, 5.74) is 12.8. The number of anilines is 3. The number of aromatic nitrogens is 2. The quantitative estimate of drug-likeness (QED) is 0.159. The van der Waals surface area contributed by atoms with Crippen molar-refractivity contribution in [2.24, 2.45) is 0 Å². The minimum Gasteiger partial charge on any atom is -0.311 e. The predicted octanol–water partition coefficient (Wildman–Crippen LogP) is 14.7. The molecule has 3 aromatic heterocycles. The normalized spacial score (nSPS) is 11.6. The van der Waals surface area contributed by atoms with Gasteiger partial charge in [0.15, 0.2) is 0 Å². The van der Waals surface area contributed by atoms with Crippen LogP contribution in [0.4, 0.5) is 17.1 Å². The molecule has 0 saturated heterocycles. The Morgan fingerprint density at radius 2 is 0.607 bits per heavy atom. The number of hydrogen-bond acceptors (Lipinski definition) is 2. The topological polar surface area (TPSA) is 13.1 Å². The predicted molar refractivity (Wildman–Crippen MR) is 239 cm³/mol. The fraction of sp³-hybridized carbons (Fsp3) is 0. The molecule has 0 radical (unpaired) electrons. The standard InChI is InChI=1S/C52H35N3S/c1-2-12-36(13-3-1)51-34-35-52(56-51)37-22-24-38(25-23-37)53(39-26-30-41(31-27-39)54-47-18-8-4-14-43(47)44-15-5-9-19-48(44)54)40-28-32-42(33-29-40)55-49-20-10-6-16-45(49)46-17-7-11-21-50(46)55/h1-35H. The highest BCUT2D eigenvalue weighted by Gasteiger charge is 2.17. The van der Waals surface area contributed by atoms with E-state index in [0.717, 1.165) is 28.4 Å². The van der Waals surface area contributed by atoms with E-state index in [1.54, 1.807) is 0 Å². The van der Waals surface area contributed by atoms with E-state index >= 15 is 0 Å². The largest absolute Gasteiger partial charge is 0.311 e. The summed E-state index contributed by atoms with van der Waals surface area (Å²) in [6.45, 7) is 0. The number of hydrogen-bond donors (Lipinski definition) is 0. The average Bonchev–Trinajstić information content (AvgIpc) is 3.99. The van der Waals surface area contributed by atoms with E-state index in [-0.39, 0.29) is 0 Å². The Kier molecular flexibility index (Phi) is 7.68. The summed E-state index contributed by atoms with van der Waals surface area (Å²) in [6.07, 6.45) is 0. The first-order valence-corrected chi connectivity index (χ1v) is 19.8. The number of thiophene rings is 1. The molecule has 11 aromatic rings. The third-order valence-electron chi connectivity index (χ3n) is 11.0. The van der Waals surface area contributed by atoms with Gasteiger partial charge in [-0.3, -0.25) is 0 Å². The molecule has 0 aliphatic heterocycles. The molecule has 264 valence electrons. The summed E-state index contributed by atoms with van der Waals surface area (Å²) in [6, 6.07) is 76.8. The summed E-state index contributed by atoms with van der Waals surface area (Å²) in [7, 11) is 0. The van der Waals surface area contributed by atoms with Crippen LogP contribution in [0.3, 0.4) is 0 Å². The molecular formula is C52H35N3S. The van der Waals surface area contributed by atoms with Crippen LogP contribution in [0.15, 0.2) is 212 Å². The van der Waals surface area contributed by atoms with Gasteiger partial charge in [-0.05, 0) is 108 Å². The maximum absolute atomic E-state index is 2.37. The fourth-order valence-electron chi connectivity index (χ4n) is 8.38. The highest BCUT2D eigenvalue weighted by molar-refractivity contribution is 7.18. The van der Waals surface area contributed by atoms with Crippen molar-refractivity contribution in [1.82, 2.24) is 9.13 Å². The second-order valence-electron chi connectivity index (χ2n) is 14.2. The maximum Gasteiger partial charge on any atom is 0.0541 e. The molecular weight excluding hydrogens is 699 g/mol.